The van der Waals surface area contributed by atoms with Crippen LogP contribution in [-0.4, -0.2) is 48.1 Å². The van der Waals surface area contributed by atoms with Gasteiger partial charge in [0.05, 0.1) is 16.6 Å². The van der Waals surface area contributed by atoms with Crippen LogP contribution in [0.15, 0.2) is 42.6 Å². The standard InChI is InChI=1S/C21H21N3O3/c22-8-13-26-16-6-7-17-19(15-16)24-11-2-1-5-18(24)20(17)21(25)27-14-12-23-9-3-4-10-23/h1-2,5-7,11,15H,3-4,9-10,12-14H2. The van der Waals surface area contributed by atoms with Gasteiger partial charge in [0.2, 0.25) is 0 Å². The average molecular weight is 363 g/mol. The lowest BCUT2D eigenvalue weighted by atomic mass is 10.1. The van der Waals surface area contributed by atoms with Gasteiger partial charge in [-0.2, -0.15) is 5.26 Å². The third kappa shape index (κ3) is 3.46. The second-order valence-corrected chi connectivity index (χ2v) is 6.64. The Kier molecular flexibility index (Phi) is 4.95. The fraction of sp³-hybridized carbons (Fsp3) is 0.333. The maximum absolute atomic E-state index is 12.8. The summed E-state index contributed by atoms with van der Waals surface area (Å²) in [4.78, 5) is 15.2. The van der Waals surface area contributed by atoms with Crippen LogP contribution in [0.4, 0.5) is 0 Å². The Hall–Kier alpha value is -3.04. The van der Waals surface area contributed by atoms with Crippen molar-refractivity contribution in [2.75, 3.05) is 32.8 Å². The van der Waals surface area contributed by atoms with Gasteiger partial charge in [0, 0.05) is 24.2 Å². The van der Waals surface area contributed by atoms with E-state index in [4.69, 9.17) is 14.7 Å². The van der Waals surface area contributed by atoms with Gasteiger partial charge in [-0.15, -0.1) is 0 Å². The fourth-order valence-electron chi connectivity index (χ4n) is 3.68. The van der Waals surface area contributed by atoms with E-state index >= 15 is 0 Å². The molecule has 0 atom stereocenters. The third-order valence-electron chi connectivity index (χ3n) is 4.96. The zero-order valence-corrected chi connectivity index (χ0v) is 15.1. The Morgan fingerprint density at radius 3 is 2.81 bits per heavy atom. The van der Waals surface area contributed by atoms with Crippen LogP contribution in [0.5, 0.6) is 5.75 Å². The molecular formula is C21H21N3O3. The first-order valence-corrected chi connectivity index (χ1v) is 9.20. The van der Waals surface area contributed by atoms with Crippen molar-refractivity contribution in [1.82, 2.24) is 9.30 Å². The van der Waals surface area contributed by atoms with Crippen molar-refractivity contribution in [3.05, 3.63) is 48.2 Å². The minimum atomic E-state index is -0.307. The Labute approximate surface area is 157 Å². The van der Waals surface area contributed by atoms with Crippen molar-refractivity contribution in [2.45, 2.75) is 12.8 Å². The van der Waals surface area contributed by atoms with E-state index < -0.39 is 0 Å². The van der Waals surface area contributed by atoms with Gasteiger partial charge >= 0.3 is 5.97 Å². The molecule has 1 aliphatic heterocycles. The Balaban J connectivity index is 1.63. The minimum absolute atomic E-state index is 0.0137. The summed E-state index contributed by atoms with van der Waals surface area (Å²) in [6.07, 6.45) is 4.35. The number of carbonyl (C=O) groups is 1. The van der Waals surface area contributed by atoms with Crippen LogP contribution in [0.3, 0.4) is 0 Å². The molecule has 1 aromatic carbocycles. The summed E-state index contributed by atoms with van der Waals surface area (Å²) in [5.74, 6) is 0.292. The maximum Gasteiger partial charge on any atom is 0.341 e. The van der Waals surface area contributed by atoms with Crippen LogP contribution >= 0.6 is 0 Å². The second kappa shape index (κ2) is 7.68. The van der Waals surface area contributed by atoms with Crippen molar-refractivity contribution in [2.24, 2.45) is 0 Å². The molecule has 1 saturated heterocycles. The number of benzene rings is 1. The summed E-state index contributed by atoms with van der Waals surface area (Å²) in [6.45, 7) is 3.33. The number of likely N-dealkylation sites (tertiary alicyclic amines) is 1. The number of hydrogen-bond donors (Lipinski definition) is 0. The van der Waals surface area contributed by atoms with Crippen LogP contribution in [0.1, 0.15) is 23.2 Å². The number of ether oxygens (including phenoxy) is 2. The van der Waals surface area contributed by atoms with Gasteiger partial charge in [-0.25, -0.2) is 4.79 Å². The summed E-state index contributed by atoms with van der Waals surface area (Å²) in [5, 5.41) is 9.52. The molecule has 27 heavy (non-hydrogen) atoms. The molecule has 3 aromatic rings. The first kappa shape index (κ1) is 17.4. The number of pyridine rings is 1. The average Bonchev–Trinajstić information content (AvgIpc) is 3.32. The lowest BCUT2D eigenvalue weighted by molar-refractivity contribution is 0.0477. The van der Waals surface area contributed by atoms with E-state index in [0.29, 0.717) is 17.9 Å². The van der Waals surface area contributed by atoms with Gasteiger partial charge in [-0.05, 0) is 50.2 Å². The maximum atomic E-state index is 12.8. The minimum Gasteiger partial charge on any atom is -0.479 e. The SMILES string of the molecule is N#CCOc1ccc2c(C(=O)OCCN3CCCC3)c3ccccn3c2c1. The van der Waals surface area contributed by atoms with E-state index in [9.17, 15) is 4.79 Å². The predicted octanol–water partition coefficient (Wildman–Crippen LogP) is 3.25. The summed E-state index contributed by atoms with van der Waals surface area (Å²) >= 11 is 0. The molecule has 0 spiro atoms. The highest BCUT2D eigenvalue weighted by atomic mass is 16.5. The van der Waals surface area contributed by atoms with Gasteiger partial charge in [-0.3, -0.25) is 4.90 Å². The summed E-state index contributed by atoms with van der Waals surface area (Å²) in [6, 6.07) is 13.2. The normalized spacial score (nSPS) is 14.5. The molecule has 138 valence electrons. The van der Waals surface area contributed by atoms with E-state index in [0.717, 1.165) is 36.1 Å². The second-order valence-electron chi connectivity index (χ2n) is 6.64. The molecule has 4 rings (SSSR count). The van der Waals surface area contributed by atoms with E-state index in [-0.39, 0.29) is 12.6 Å². The van der Waals surface area contributed by atoms with Crippen molar-refractivity contribution >= 4 is 22.4 Å². The number of nitrogens with zero attached hydrogens (tertiary/aromatic N) is 3. The van der Waals surface area contributed by atoms with E-state index in [1.807, 2.05) is 47.0 Å². The number of carbonyl (C=O) groups excluding carboxylic acids is 1. The van der Waals surface area contributed by atoms with Crippen molar-refractivity contribution < 1.29 is 14.3 Å². The van der Waals surface area contributed by atoms with E-state index in [1.165, 1.54) is 12.8 Å². The van der Waals surface area contributed by atoms with Crippen LogP contribution in [0.25, 0.3) is 16.4 Å². The molecule has 6 heteroatoms. The third-order valence-corrected chi connectivity index (χ3v) is 4.96. The molecule has 6 nitrogen and oxygen atoms in total. The van der Waals surface area contributed by atoms with Gasteiger partial charge < -0.3 is 13.9 Å². The van der Waals surface area contributed by atoms with Crippen molar-refractivity contribution in [3.8, 4) is 11.8 Å². The predicted molar refractivity (Wildman–Crippen MR) is 102 cm³/mol. The lowest BCUT2D eigenvalue weighted by Crippen LogP contribution is -2.25. The fourth-order valence-corrected chi connectivity index (χ4v) is 3.68. The largest absolute Gasteiger partial charge is 0.479 e. The number of fused-ring (bicyclic) bond motifs is 3. The molecule has 1 fully saturated rings. The zero-order valence-electron chi connectivity index (χ0n) is 15.1. The Morgan fingerprint density at radius 1 is 1.15 bits per heavy atom. The van der Waals surface area contributed by atoms with Gasteiger partial charge in [-0.1, -0.05) is 6.07 Å². The van der Waals surface area contributed by atoms with Crippen LogP contribution < -0.4 is 4.74 Å². The molecule has 0 unspecified atom stereocenters. The molecule has 2 aromatic heterocycles. The topological polar surface area (TPSA) is 67.0 Å². The van der Waals surface area contributed by atoms with Crippen LogP contribution in [0.2, 0.25) is 0 Å². The van der Waals surface area contributed by atoms with Crippen LogP contribution in [-0.2, 0) is 4.74 Å². The molecule has 0 amide bonds. The lowest BCUT2D eigenvalue weighted by Gasteiger charge is -2.14. The van der Waals surface area contributed by atoms with E-state index in [1.54, 1.807) is 6.07 Å². The summed E-state index contributed by atoms with van der Waals surface area (Å²) < 4.78 is 12.9. The molecule has 3 heterocycles. The number of hydrogen-bond acceptors (Lipinski definition) is 5. The zero-order chi connectivity index (χ0) is 18.6. The molecular weight excluding hydrogens is 342 g/mol. The molecule has 0 bridgehead atoms. The highest BCUT2D eigenvalue weighted by Crippen LogP contribution is 2.30. The van der Waals surface area contributed by atoms with Crippen molar-refractivity contribution in [1.29, 1.82) is 5.26 Å². The van der Waals surface area contributed by atoms with Gasteiger partial charge in [0.15, 0.2) is 6.61 Å². The molecule has 0 radical (unpaired) electrons. The number of aromatic nitrogens is 1. The molecule has 0 aliphatic carbocycles. The summed E-state index contributed by atoms with van der Waals surface area (Å²) in [7, 11) is 0. The first-order valence-electron chi connectivity index (χ1n) is 9.20. The number of rotatable bonds is 6. The van der Waals surface area contributed by atoms with Crippen molar-refractivity contribution in [3.63, 3.8) is 0 Å². The highest BCUT2D eigenvalue weighted by Gasteiger charge is 2.20. The molecule has 1 aliphatic rings. The Morgan fingerprint density at radius 2 is 2.00 bits per heavy atom. The molecule has 0 N–H and O–H groups in total. The first-order chi connectivity index (χ1) is 13.3. The number of nitriles is 1. The monoisotopic (exact) mass is 363 g/mol. The van der Waals surface area contributed by atoms with Gasteiger partial charge in [0.1, 0.15) is 18.4 Å². The Bertz CT molecular complexity index is 1010. The quantitative estimate of drug-likeness (QED) is 0.629. The van der Waals surface area contributed by atoms with Gasteiger partial charge in [0.25, 0.3) is 0 Å². The smallest absolute Gasteiger partial charge is 0.341 e. The van der Waals surface area contributed by atoms with E-state index in [2.05, 4.69) is 4.90 Å². The highest BCUT2D eigenvalue weighted by molar-refractivity contribution is 6.11. The number of esters is 1. The molecule has 0 saturated carbocycles. The van der Waals surface area contributed by atoms with Crippen LogP contribution in [0, 0.1) is 11.3 Å². The summed E-state index contributed by atoms with van der Waals surface area (Å²) in [5.41, 5.74) is 2.22.